The Morgan fingerprint density at radius 2 is 1.40 bits per heavy atom. The lowest BCUT2D eigenvalue weighted by Crippen LogP contribution is -2.22. The summed E-state index contributed by atoms with van der Waals surface area (Å²) in [5.41, 5.74) is 0. The van der Waals surface area contributed by atoms with Gasteiger partial charge in [-0.25, -0.2) is 0 Å². The minimum absolute atomic E-state index is 0.595. The van der Waals surface area contributed by atoms with Gasteiger partial charge in [0.2, 0.25) is 0 Å². The molecule has 0 aliphatic heterocycles. The van der Waals surface area contributed by atoms with Gasteiger partial charge in [0.05, 0.1) is 4.08 Å². The van der Waals surface area contributed by atoms with Gasteiger partial charge < -0.3 is 0 Å². The van der Waals surface area contributed by atoms with Crippen molar-refractivity contribution in [2.24, 2.45) is 0 Å². The third-order valence-electron chi connectivity index (χ3n) is 2.36. The number of thioether (sulfide) groups is 2. The molecule has 0 unspecified atom stereocenters. The van der Waals surface area contributed by atoms with Crippen molar-refractivity contribution in [3.05, 3.63) is 0 Å². The second-order valence-electron chi connectivity index (χ2n) is 2.88. The second-order valence-corrected chi connectivity index (χ2v) is 5.52. The summed E-state index contributed by atoms with van der Waals surface area (Å²) in [5.74, 6) is 0. The maximum absolute atomic E-state index is 2.25. The van der Waals surface area contributed by atoms with E-state index in [0.29, 0.717) is 4.08 Å². The van der Waals surface area contributed by atoms with Crippen LogP contribution in [0.2, 0.25) is 0 Å². The Bertz CT molecular complexity index is 89.4. The van der Waals surface area contributed by atoms with Gasteiger partial charge in [-0.15, -0.1) is 23.5 Å². The van der Waals surface area contributed by atoms with E-state index in [1.54, 1.807) is 0 Å². The average Bonchev–Trinajstić information content (AvgIpc) is 2.06. The molecule has 0 aromatic carbocycles. The average molecular weight is 176 g/mol. The molecule has 0 heterocycles. The summed E-state index contributed by atoms with van der Waals surface area (Å²) in [7, 11) is 0. The van der Waals surface area contributed by atoms with E-state index in [2.05, 4.69) is 36.0 Å². The summed E-state index contributed by atoms with van der Waals surface area (Å²) < 4.78 is 0.595. The number of hydrogen-bond donors (Lipinski definition) is 0. The van der Waals surface area contributed by atoms with Crippen LogP contribution in [0.4, 0.5) is 0 Å². The molecule has 0 nitrogen and oxygen atoms in total. The van der Waals surface area contributed by atoms with E-state index in [4.69, 9.17) is 0 Å². The van der Waals surface area contributed by atoms with Crippen LogP contribution in [0.15, 0.2) is 0 Å². The van der Waals surface area contributed by atoms with Gasteiger partial charge in [-0.05, 0) is 25.4 Å². The molecule has 2 heteroatoms. The molecular formula is C8H16S2. The van der Waals surface area contributed by atoms with Crippen molar-refractivity contribution in [3.63, 3.8) is 0 Å². The fourth-order valence-electron chi connectivity index (χ4n) is 1.58. The predicted molar refractivity (Wildman–Crippen MR) is 52.8 cm³/mol. The lowest BCUT2D eigenvalue weighted by Gasteiger charge is -2.33. The lowest BCUT2D eigenvalue weighted by atomic mass is 10.00. The van der Waals surface area contributed by atoms with Crippen molar-refractivity contribution in [2.75, 3.05) is 12.5 Å². The van der Waals surface area contributed by atoms with Gasteiger partial charge in [0, 0.05) is 0 Å². The van der Waals surface area contributed by atoms with Crippen LogP contribution in [0.5, 0.6) is 0 Å². The van der Waals surface area contributed by atoms with E-state index >= 15 is 0 Å². The quantitative estimate of drug-likeness (QED) is 0.592. The highest BCUT2D eigenvalue weighted by Crippen LogP contribution is 2.45. The molecule has 1 aliphatic carbocycles. The SMILES string of the molecule is CSC1(SC)CCCCC1. The van der Waals surface area contributed by atoms with Crippen molar-refractivity contribution >= 4 is 23.5 Å². The van der Waals surface area contributed by atoms with E-state index in [1.807, 2.05) is 0 Å². The van der Waals surface area contributed by atoms with Crippen LogP contribution in [0.1, 0.15) is 32.1 Å². The molecule has 0 atom stereocenters. The molecule has 0 saturated heterocycles. The predicted octanol–water partition coefficient (Wildman–Crippen LogP) is 3.37. The fraction of sp³-hybridized carbons (Fsp3) is 1.00. The van der Waals surface area contributed by atoms with Gasteiger partial charge in [-0.3, -0.25) is 0 Å². The maximum atomic E-state index is 2.25. The molecular weight excluding hydrogens is 160 g/mol. The Kier molecular flexibility index (Phi) is 3.44. The van der Waals surface area contributed by atoms with Crippen LogP contribution in [-0.2, 0) is 0 Å². The van der Waals surface area contributed by atoms with Crippen molar-refractivity contribution in [2.45, 2.75) is 36.2 Å². The summed E-state index contributed by atoms with van der Waals surface area (Å²) >= 11 is 4.11. The van der Waals surface area contributed by atoms with Crippen molar-refractivity contribution in [3.8, 4) is 0 Å². The minimum atomic E-state index is 0.595. The van der Waals surface area contributed by atoms with Gasteiger partial charge in [0.25, 0.3) is 0 Å². The van der Waals surface area contributed by atoms with Crippen LogP contribution >= 0.6 is 23.5 Å². The summed E-state index contributed by atoms with van der Waals surface area (Å²) in [4.78, 5) is 0. The summed E-state index contributed by atoms with van der Waals surface area (Å²) in [6, 6.07) is 0. The molecule has 0 aromatic heterocycles. The third kappa shape index (κ3) is 1.85. The smallest absolute Gasteiger partial charge is 0.0605 e. The molecule has 10 heavy (non-hydrogen) atoms. The lowest BCUT2D eigenvalue weighted by molar-refractivity contribution is 0.492. The highest BCUT2D eigenvalue weighted by molar-refractivity contribution is 8.17. The maximum Gasteiger partial charge on any atom is 0.0605 e. The van der Waals surface area contributed by atoms with E-state index < -0.39 is 0 Å². The van der Waals surface area contributed by atoms with Crippen LogP contribution in [0.3, 0.4) is 0 Å². The standard InChI is InChI=1S/C8H16S2/c1-9-8(10-2)6-4-3-5-7-8/h3-7H2,1-2H3. The van der Waals surface area contributed by atoms with Crippen LogP contribution in [0.25, 0.3) is 0 Å². The molecule has 1 fully saturated rings. The first-order valence-electron chi connectivity index (χ1n) is 3.93. The zero-order chi connectivity index (χ0) is 7.45. The van der Waals surface area contributed by atoms with Gasteiger partial charge in [-0.1, -0.05) is 19.3 Å². The summed E-state index contributed by atoms with van der Waals surface area (Å²) in [6.45, 7) is 0. The normalized spacial score (nSPS) is 24.6. The molecule has 1 saturated carbocycles. The molecule has 1 aliphatic rings. The number of rotatable bonds is 2. The highest BCUT2D eigenvalue weighted by atomic mass is 32.2. The Labute approximate surface area is 72.5 Å². The van der Waals surface area contributed by atoms with Gasteiger partial charge in [0.1, 0.15) is 0 Å². The van der Waals surface area contributed by atoms with Crippen LogP contribution < -0.4 is 0 Å². The Morgan fingerprint density at radius 3 is 1.70 bits per heavy atom. The number of hydrogen-bond acceptors (Lipinski definition) is 2. The zero-order valence-corrected chi connectivity index (χ0v) is 8.49. The Morgan fingerprint density at radius 1 is 0.900 bits per heavy atom. The minimum Gasteiger partial charge on any atom is -0.148 e. The Balaban J connectivity index is 2.44. The first-order chi connectivity index (χ1) is 4.83. The van der Waals surface area contributed by atoms with Gasteiger partial charge in [0.15, 0.2) is 0 Å². The molecule has 0 radical (unpaired) electrons. The van der Waals surface area contributed by atoms with E-state index in [1.165, 1.54) is 32.1 Å². The topological polar surface area (TPSA) is 0 Å². The van der Waals surface area contributed by atoms with Crippen LogP contribution in [-0.4, -0.2) is 16.6 Å². The van der Waals surface area contributed by atoms with Crippen molar-refractivity contribution < 1.29 is 0 Å². The molecule has 0 aromatic rings. The summed E-state index contributed by atoms with van der Waals surface area (Å²) in [5, 5.41) is 0. The first kappa shape index (κ1) is 8.79. The van der Waals surface area contributed by atoms with Crippen molar-refractivity contribution in [1.29, 1.82) is 0 Å². The van der Waals surface area contributed by atoms with Crippen LogP contribution in [0, 0.1) is 0 Å². The molecule has 1 rings (SSSR count). The highest BCUT2D eigenvalue weighted by Gasteiger charge is 2.29. The van der Waals surface area contributed by atoms with Gasteiger partial charge >= 0.3 is 0 Å². The van der Waals surface area contributed by atoms with Gasteiger partial charge in [-0.2, -0.15) is 0 Å². The van der Waals surface area contributed by atoms with E-state index in [0.717, 1.165) is 0 Å². The molecule has 0 bridgehead atoms. The first-order valence-corrected chi connectivity index (χ1v) is 6.38. The van der Waals surface area contributed by atoms with E-state index in [-0.39, 0.29) is 0 Å². The third-order valence-corrected chi connectivity index (χ3v) is 5.66. The van der Waals surface area contributed by atoms with E-state index in [9.17, 15) is 0 Å². The fourth-order valence-corrected chi connectivity index (χ4v) is 3.64. The molecule has 0 N–H and O–H groups in total. The van der Waals surface area contributed by atoms with Crippen molar-refractivity contribution in [1.82, 2.24) is 0 Å². The monoisotopic (exact) mass is 176 g/mol. The molecule has 0 amide bonds. The zero-order valence-electron chi connectivity index (χ0n) is 6.85. The molecule has 60 valence electrons. The summed E-state index contributed by atoms with van der Waals surface area (Å²) in [6.07, 6.45) is 11.7. The molecule has 0 spiro atoms. The second kappa shape index (κ2) is 3.91. The largest absolute Gasteiger partial charge is 0.148 e. The Hall–Kier alpha value is 0.700.